The van der Waals surface area contributed by atoms with Crippen molar-refractivity contribution in [3.05, 3.63) is 34.9 Å². The van der Waals surface area contributed by atoms with E-state index < -0.39 is 0 Å². The van der Waals surface area contributed by atoms with Gasteiger partial charge < -0.3 is 5.73 Å². The van der Waals surface area contributed by atoms with Gasteiger partial charge in [0.05, 0.1) is 0 Å². The fourth-order valence-electron chi connectivity index (χ4n) is 1.87. The smallest absolute Gasteiger partial charge is 0.0266 e. The third-order valence-corrected chi connectivity index (χ3v) is 2.65. The average Bonchev–Trinajstić information content (AvgIpc) is 2.49. The third-order valence-electron chi connectivity index (χ3n) is 2.65. The van der Waals surface area contributed by atoms with Crippen LogP contribution in [-0.4, -0.2) is 0 Å². The summed E-state index contributed by atoms with van der Waals surface area (Å²) in [6.07, 6.45) is 3.82. The SMILES string of the molecule is C[C@@H](N)c1ccc2c(c1)CCC2. The van der Waals surface area contributed by atoms with Crippen molar-refractivity contribution in [2.45, 2.75) is 32.2 Å². The molecule has 1 aromatic carbocycles. The topological polar surface area (TPSA) is 26.0 Å². The van der Waals surface area contributed by atoms with E-state index in [0.29, 0.717) is 0 Å². The lowest BCUT2D eigenvalue weighted by Crippen LogP contribution is -2.05. The first-order valence-electron chi connectivity index (χ1n) is 4.64. The van der Waals surface area contributed by atoms with E-state index in [0.717, 1.165) is 0 Å². The number of hydrogen-bond donors (Lipinski definition) is 1. The molecule has 0 aromatic heterocycles. The molecule has 1 heteroatoms. The van der Waals surface area contributed by atoms with E-state index in [1.807, 2.05) is 6.92 Å². The molecule has 64 valence electrons. The summed E-state index contributed by atoms with van der Waals surface area (Å²) in [4.78, 5) is 0. The van der Waals surface area contributed by atoms with Crippen LogP contribution < -0.4 is 5.73 Å². The lowest BCUT2D eigenvalue weighted by molar-refractivity contribution is 0.815. The molecule has 12 heavy (non-hydrogen) atoms. The summed E-state index contributed by atoms with van der Waals surface area (Å²) in [5.74, 6) is 0. The highest BCUT2D eigenvalue weighted by atomic mass is 14.6. The molecule has 1 nitrogen and oxygen atoms in total. The van der Waals surface area contributed by atoms with Gasteiger partial charge in [0, 0.05) is 6.04 Å². The van der Waals surface area contributed by atoms with E-state index in [-0.39, 0.29) is 6.04 Å². The lowest BCUT2D eigenvalue weighted by atomic mass is 10.0. The fourth-order valence-corrected chi connectivity index (χ4v) is 1.87. The largest absolute Gasteiger partial charge is 0.324 e. The second-order valence-electron chi connectivity index (χ2n) is 3.67. The van der Waals surface area contributed by atoms with Gasteiger partial charge in [-0.3, -0.25) is 0 Å². The van der Waals surface area contributed by atoms with Crippen LogP contribution in [0.1, 0.15) is 36.1 Å². The van der Waals surface area contributed by atoms with Crippen LogP contribution in [0.2, 0.25) is 0 Å². The Morgan fingerprint density at radius 2 is 2.00 bits per heavy atom. The number of nitrogens with two attached hydrogens (primary N) is 1. The van der Waals surface area contributed by atoms with Gasteiger partial charge in [-0.15, -0.1) is 0 Å². The summed E-state index contributed by atoms with van der Waals surface area (Å²) in [6.45, 7) is 2.04. The minimum atomic E-state index is 0.177. The summed E-state index contributed by atoms with van der Waals surface area (Å²) >= 11 is 0. The van der Waals surface area contributed by atoms with Crippen molar-refractivity contribution in [2.24, 2.45) is 5.73 Å². The quantitative estimate of drug-likeness (QED) is 0.671. The van der Waals surface area contributed by atoms with E-state index in [2.05, 4.69) is 18.2 Å². The van der Waals surface area contributed by atoms with Crippen molar-refractivity contribution in [1.82, 2.24) is 0 Å². The molecule has 2 N–H and O–H groups in total. The Hall–Kier alpha value is -0.820. The normalized spacial score (nSPS) is 17.5. The third kappa shape index (κ3) is 1.25. The monoisotopic (exact) mass is 161 g/mol. The molecule has 0 saturated heterocycles. The summed E-state index contributed by atoms with van der Waals surface area (Å²) in [5, 5.41) is 0. The number of benzene rings is 1. The zero-order chi connectivity index (χ0) is 8.55. The molecule has 0 amide bonds. The summed E-state index contributed by atoms with van der Waals surface area (Å²) in [7, 11) is 0. The molecular weight excluding hydrogens is 146 g/mol. The van der Waals surface area contributed by atoms with Crippen LogP contribution in [0.3, 0.4) is 0 Å². The highest BCUT2D eigenvalue weighted by Crippen LogP contribution is 2.24. The zero-order valence-corrected chi connectivity index (χ0v) is 7.51. The van der Waals surface area contributed by atoms with Crippen LogP contribution in [0, 0.1) is 0 Å². The van der Waals surface area contributed by atoms with Crippen molar-refractivity contribution >= 4 is 0 Å². The zero-order valence-electron chi connectivity index (χ0n) is 7.51. The van der Waals surface area contributed by atoms with Crippen LogP contribution in [0.15, 0.2) is 18.2 Å². The highest BCUT2D eigenvalue weighted by Gasteiger charge is 2.11. The number of rotatable bonds is 1. The van der Waals surface area contributed by atoms with Crippen molar-refractivity contribution < 1.29 is 0 Å². The van der Waals surface area contributed by atoms with Crippen molar-refractivity contribution in [3.8, 4) is 0 Å². The van der Waals surface area contributed by atoms with Crippen LogP contribution >= 0.6 is 0 Å². The van der Waals surface area contributed by atoms with Gasteiger partial charge in [-0.2, -0.15) is 0 Å². The maximum absolute atomic E-state index is 5.81. The van der Waals surface area contributed by atoms with Crippen LogP contribution in [-0.2, 0) is 12.8 Å². The molecular formula is C11H15N. The summed E-state index contributed by atoms with van der Waals surface area (Å²) in [5.41, 5.74) is 10.1. The second kappa shape index (κ2) is 2.91. The average molecular weight is 161 g/mol. The van der Waals surface area contributed by atoms with Crippen LogP contribution in [0.4, 0.5) is 0 Å². The van der Waals surface area contributed by atoms with Gasteiger partial charge in [-0.1, -0.05) is 18.2 Å². The first-order chi connectivity index (χ1) is 5.77. The Kier molecular flexibility index (Phi) is 1.89. The molecule has 1 aliphatic carbocycles. The van der Waals surface area contributed by atoms with Crippen LogP contribution in [0.25, 0.3) is 0 Å². The van der Waals surface area contributed by atoms with Crippen molar-refractivity contribution in [3.63, 3.8) is 0 Å². The maximum atomic E-state index is 5.81. The Labute approximate surface area is 73.6 Å². The van der Waals surface area contributed by atoms with Crippen molar-refractivity contribution in [1.29, 1.82) is 0 Å². The van der Waals surface area contributed by atoms with Gasteiger partial charge >= 0.3 is 0 Å². The molecule has 0 fully saturated rings. The van der Waals surface area contributed by atoms with E-state index in [1.54, 1.807) is 0 Å². The molecule has 0 aliphatic heterocycles. The molecule has 2 rings (SSSR count). The molecule has 0 unspecified atom stereocenters. The van der Waals surface area contributed by atoms with Crippen LogP contribution in [0.5, 0.6) is 0 Å². The van der Waals surface area contributed by atoms with Gasteiger partial charge in [0.15, 0.2) is 0 Å². The first-order valence-corrected chi connectivity index (χ1v) is 4.64. The Morgan fingerprint density at radius 1 is 1.25 bits per heavy atom. The lowest BCUT2D eigenvalue weighted by Gasteiger charge is -2.07. The Bertz CT molecular complexity index is 289. The minimum Gasteiger partial charge on any atom is -0.324 e. The number of fused-ring (bicyclic) bond motifs is 1. The number of aryl methyl sites for hydroxylation is 2. The minimum absolute atomic E-state index is 0.177. The molecule has 0 radical (unpaired) electrons. The summed E-state index contributed by atoms with van der Waals surface area (Å²) < 4.78 is 0. The molecule has 1 aromatic rings. The first kappa shape index (κ1) is 7.81. The molecule has 0 spiro atoms. The molecule has 0 heterocycles. The molecule has 1 atom stereocenters. The predicted molar refractivity (Wildman–Crippen MR) is 51.1 cm³/mol. The van der Waals surface area contributed by atoms with E-state index >= 15 is 0 Å². The van der Waals surface area contributed by atoms with E-state index in [9.17, 15) is 0 Å². The second-order valence-corrected chi connectivity index (χ2v) is 3.67. The summed E-state index contributed by atoms with van der Waals surface area (Å²) in [6, 6.07) is 6.85. The molecule has 1 aliphatic rings. The highest BCUT2D eigenvalue weighted by molar-refractivity contribution is 5.36. The predicted octanol–water partition coefficient (Wildman–Crippen LogP) is 2.20. The molecule has 0 saturated carbocycles. The Balaban J connectivity index is 2.39. The maximum Gasteiger partial charge on any atom is 0.0266 e. The standard InChI is InChI=1S/C11H15N/c1-8(12)10-6-5-9-3-2-4-11(9)7-10/h5-8H,2-4,12H2,1H3/t8-/m1/s1. The Morgan fingerprint density at radius 3 is 2.75 bits per heavy atom. The van der Waals surface area contributed by atoms with Crippen molar-refractivity contribution in [2.75, 3.05) is 0 Å². The molecule has 0 bridgehead atoms. The van der Waals surface area contributed by atoms with Gasteiger partial charge in [0.25, 0.3) is 0 Å². The fraction of sp³-hybridized carbons (Fsp3) is 0.455. The van der Waals surface area contributed by atoms with Gasteiger partial charge in [0.2, 0.25) is 0 Å². The van der Waals surface area contributed by atoms with Gasteiger partial charge in [-0.25, -0.2) is 0 Å². The van der Waals surface area contributed by atoms with E-state index in [1.165, 1.54) is 36.0 Å². The van der Waals surface area contributed by atoms with E-state index in [4.69, 9.17) is 5.73 Å². The van der Waals surface area contributed by atoms with Gasteiger partial charge in [-0.05, 0) is 42.9 Å². The number of hydrogen-bond acceptors (Lipinski definition) is 1. The van der Waals surface area contributed by atoms with Gasteiger partial charge in [0.1, 0.15) is 0 Å².